The summed E-state index contributed by atoms with van der Waals surface area (Å²) in [6.45, 7) is 0. The number of carboxylic acid groups (broad SMARTS) is 1. The predicted octanol–water partition coefficient (Wildman–Crippen LogP) is -0.0342. The largest absolute Gasteiger partial charge is 0.481 e. The summed E-state index contributed by atoms with van der Waals surface area (Å²) in [5, 5.41) is 7.86. The number of nitrogens with two attached hydrogens (primary N) is 1. The van der Waals surface area contributed by atoms with Crippen LogP contribution in [0.2, 0.25) is 0 Å². The van der Waals surface area contributed by atoms with Gasteiger partial charge in [-0.15, -0.1) is 0 Å². The second kappa shape index (κ2) is 9.91. The standard InChI is InChI=1S/C3H6O2S.CH5N/c4-3(5)1-2-6;1-2/h6H,1-2H2,(H,4,5);2H2,1H3. The number of hydrogen-bond acceptors (Lipinski definition) is 3. The van der Waals surface area contributed by atoms with Crippen molar-refractivity contribution in [3.05, 3.63) is 0 Å². The number of carboxylic acids is 1. The molecule has 0 aliphatic rings. The highest BCUT2D eigenvalue weighted by molar-refractivity contribution is 7.80. The Hall–Kier alpha value is -0.220. The van der Waals surface area contributed by atoms with Crippen LogP contribution in [0.4, 0.5) is 0 Å². The van der Waals surface area contributed by atoms with Crippen molar-refractivity contribution in [2.75, 3.05) is 12.8 Å². The minimum Gasteiger partial charge on any atom is -0.481 e. The molecule has 0 saturated heterocycles. The monoisotopic (exact) mass is 137 g/mol. The predicted molar refractivity (Wildman–Crippen MR) is 36.2 cm³/mol. The van der Waals surface area contributed by atoms with Gasteiger partial charge in [0, 0.05) is 5.75 Å². The summed E-state index contributed by atoms with van der Waals surface area (Å²) in [4.78, 5) is 9.55. The first-order valence-electron chi connectivity index (χ1n) is 2.17. The van der Waals surface area contributed by atoms with Crippen LogP contribution in [0.5, 0.6) is 0 Å². The minimum absolute atomic E-state index is 0.156. The summed E-state index contributed by atoms with van der Waals surface area (Å²) in [6, 6.07) is 0. The summed E-state index contributed by atoms with van der Waals surface area (Å²) < 4.78 is 0. The van der Waals surface area contributed by atoms with Gasteiger partial charge in [-0.2, -0.15) is 12.6 Å². The molecular weight excluding hydrogens is 126 g/mol. The lowest BCUT2D eigenvalue weighted by atomic mass is 10.5. The molecule has 0 saturated carbocycles. The maximum Gasteiger partial charge on any atom is 0.304 e. The van der Waals surface area contributed by atoms with Gasteiger partial charge in [-0.05, 0) is 7.05 Å². The minimum atomic E-state index is -0.787. The third-order valence-corrected chi connectivity index (χ3v) is 0.549. The first-order valence-corrected chi connectivity index (χ1v) is 2.81. The van der Waals surface area contributed by atoms with E-state index in [4.69, 9.17) is 5.11 Å². The highest BCUT2D eigenvalue weighted by Crippen LogP contribution is 1.79. The Labute approximate surface area is 54.3 Å². The Kier molecular flexibility index (Phi) is 13.3. The summed E-state index contributed by atoms with van der Waals surface area (Å²) in [5.41, 5.74) is 4.50. The third kappa shape index (κ3) is 17.1. The Morgan fingerprint density at radius 1 is 1.75 bits per heavy atom. The molecule has 0 atom stereocenters. The van der Waals surface area contributed by atoms with Crippen molar-refractivity contribution in [1.29, 1.82) is 0 Å². The molecule has 4 heteroatoms. The van der Waals surface area contributed by atoms with E-state index in [1.54, 1.807) is 0 Å². The molecule has 0 rings (SSSR count). The molecule has 0 aliphatic carbocycles. The van der Waals surface area contributed by atoms with E-state index in [0.717, 1.165) is 0 Å². The SMILES string of the molecule is CN.O=C(O)CCS. The zero-order chi connectivity index (χ0) is 6.99. The van der Waals surface area contributed by atoms with E-state index in [1.807, 2.05) is 0 Å². The van der Waals surface area contributed by atoms with Gasteiger partial charge in [-0.1, -0.05) is 0 Å². The van der Waals surface area contributed by atoms with E-state index in [0.29, 0.717) is 5.75 Å². The van der Waals surface area contributed by atoms with E-state index in [1.165, 1.54) is 7.05 Å². The molecule has 0 aromatic heterocycles. The van der Waals surface area contributed by atoms with Crippen LogP contribution in [0.3, 0.4) is 0 Å². The van der Waals surface area contributed by atoms with Gasteiger partial charge in [0.1, 0.15) is 0 Å². The second-order valence-electron chi connectivity index (χ2n) is 0.867. The smallest absolute Gasteiger partial charge is 0.304 e. The first-order chi connectivity index (χ1) is 3.77. The summed E-state index contributed by atoms with van der Waals surface area (Å²) in [7, 11) is 1.50. The van der Waals surface area contributed by atoms with Gasteiger partial charge in [0.05, 0.1) is 6.42 Å². The molecule has 0 unspecified atom stereocenters. The zero-order valence-corrected chi connectivity index (χ0v) is 5.69. The van der Waals surface area contributed by atoms with Crippen molar-refractivity contribution < 1.29 is 9.90 Å². The van der Waals surface area contributed by atoms with Crippen LogP contribution < -0.4 is 5.73 Å². The molecule has 0 amide bonds. The van der Waals surface area contributed by atoms with Gasteiger partial charge in [-0.3, -0.25) is 4.79 Å². The molecule has 3 N–H and O–H groups in total. The maximum absolute atomic E-state index is 9.55. The van der Waals surface area contributed by atoms with Crippen molar-refractivity contribution in [2.45, 2.75) is 6.42 Å². The van der Waals surface area contributed by atoms with Gasteiger partial charge in [0.25, 0.3) is 0 Å². The quantitative estimate of drug-likeness (QED) is 0.468. The molecule has 0 aromatic carbocycles. The van der Waals surface area contributed by atoms with E-state index < -0.39 is 5.97 Å². The molecule has 8 heavy (non-hydrogen) atoms. The van der Waals surface area contributed by atoms with Crippen molar-refractivity contribution in [3.63, 3.8) is 0 Å². The van der Waals surface area contributed by atoms with Crippen molar-refractivity contribution in [3.8, 4) is 0 Å². The van der Waals surface area contributed by atoms with Gasteiger partial charge in [-0.25, -0.2) is 0 Å². The average molecular weight is 137 g/mol. The first kappa shape index (κ1) is 10.7. The van der Waals surface area contributed by atoms with Crippen LogP contribution in [0.25, 0.3) is 0 Å². The second-order valence-corrected chi connectivity index (χ2v) is 1.31. The number of rotatable bonds is 2. The summed E-state index contributed by atoms with van der Waals surface area (Å²) in [6.07, 6.45) is 0.156. The Bertz CT molecular complexity index is 58.0. The van der Waals surface area contributed by atoms with Crippen LogP contribution in [-0.4, -0.2) is 23.9 Å². The highest BCUT2D eigenvalue weighted by Gasteiger charge is 1.88. The molecule has 50 valence electrons. The van der Waals surface area contributed by atoms with E-state index in [2.05, 4.69) is 18.4 Å². The Morgan fingerprint density at radius 2 is 2.12 bits per heavy atom. The number of aliphatic carboxylic acids is 1. The van der Waals surface area contributed by atoms with Crippen molar-refractivity contribution in [2.24, 2.45) is 5.73 Å². The highest BCUT2D eigenvalue weighted by atomic mass is 32.1. The maximum atomic E-state index is 9.55. The zero-order valence-electron chi connectivity index (χ0n) is 4.79. The lowest BCUT2D eigenvalue weighted by Gasteiger charge is -1.79. The molecular formula is C4H11NO2S. The van der Waals surface area contributed by atoms with Crippen LogP contribution >= 0.6 is 12.6 Å². The van der Waals surface area contributed by atoms with Crippen molar-refractivity contribution in [1.82, 2.24) is 0 Å². The van der Waals surface area contributed by atoms with Crippen LogP contribution in [0.15, 0.2) is 0 Å². The van der Waals surface area contributed by atoms with Crippen molar-refractivity contribution >= 4 is 18.6 Å². The van der Waals surface area contributed by atoms with Gasteiger partial charge < -0.3 is 10.8 Å². The normalized spacial score (nSPS) is 6.88. The number of carbonyl (C=O) groups is 1. The van der Waals surface area contributed by atoms with Crippen LogP contribution in [0, 0.1) is 0 Å². The fraction of sp³-hybridized carbons (Fsp3) is 0.750. The molecule has 0 bridgehead atoms. The third-order valence-electron chi connectivity index (χ3n) is 0.326. The molecule has 0 spiro atoms. The fourth-order valence-electron chi connectivity index (χ4n) is 0.0956. The molecule has 3 nitrogen and oxygen atoms in total. The van der Waals surface area contributed by atoms with Gasteiger partial charge in [0.15, 0.2) is 0 Å². The molecule has 0 heterocycles. The lowest BCUT2D eigenvalue weighted by molar-refractivity contribution is -0.136. The molecule has 0 aromatic rings. The summed E-state index contributed by atoms with van der Waals surface area (Å²) >= 11 is 3.68. The van der Waals surface area contributed by atoms with E-state index in [-0.39, 0.29) is 6.42 Å². The fourth-order valence-corrected chi connectivity index (χ4v) is 0.287. The van der Waals surface area contributed by atoms with E-state index in [9.17, 15) is 4.79 Å². The summed E-state index contributed by atoms with van der Waals surface area (Å²) in [5.74, 6) is -0.361. The van der Waals surface area contributed by atoms with Crippen LogP contribution in [0.1, 0.15) is 6.42 Å². The molecule has 0 fully saturated rings. The Balaban J connectivity index is 0. The molecule has 0 aliphatic heterocycles. The van der Waals surface area contributed by atoms with E-state index >= 15 is 0 Å². The Morgan fingerprint density at radius 3 is 2.12 bits per heavy atom. The van der Waals surface area contributed by atoms with Gasteiger partial charge >= 0.3 is 5.97 Å². The van der Waals surface area contributed by atoms with Gasteiger partial charge in [0.2, 0.25) is 0 Å². The molecule has 0 radical (unpaired) electrons. The number of hydrogen-bond donors (Lipinski definition) is 3. The van der Waals surface area contributed by atoms with Crippen LogP contribution in [-0.2, 0) is 4.79 Å². The average Bonchev–Trinajstić information content (AvgIpc) is 1.72. The topological polar surface area (TPSA) is 63.3 Å². The lowest BCUT2D eigenvalue weighted by Crippen LogP contribution is -1.93. The number of thiol groups is 1.